The number of hydrogen-bond donors (Lipinski definition) is 2. The van der Waals surface area contributed by atoms with E-state index < -0.39 is 17.8 Å². The molecule has 1 heterocycles. The topological polar surface area (TPSA) is 41.1 Å². The van der Waals surface area contributed by atoms with Gasteiger partial charge < -0.3 is 10.6 Å². The first-order valence-electron chi connectivity index (χ1n) is 6.11. The van der Waals surface area contributed by atoms with Crippen LogP contribution in [0.2, 0.25) is 0 Å². The molecule has 1 aromatic heterocycles. The summed E-state index contributed by atoms with van der Waals surface area (Å²) >= 11 is 1.54. The van der Waals surface area contributed by atoms with Crippen molar-refractivity contribution in [2.75, 3.05) is 5.32 Å². The molecule has 1 aromatic carbocycles. The Morgan fingerprint density at radius 1 is 1.19 bits per heavy atom. The van der Waals surface area contributed by atoms with E-state index in [1.807, 2.05) is 18.4 Å². The second kappa shape index (κ2) is 6.17. The van der Waals surface area contributed by atoms with Gasteiger partial charge in [-0.05, 0) is 48.2 Å². The van der Waals surface area contributed by atoms with Crippen LogP contribution in [-0.4, -0.2) is 6.03 Å². The van der Waals surface area contributed by atoms with Crippen molar-refractivity contribution < 1.29 is 18.0 Å². The fourth-order valence-corrected chi connectivity index (χ4v) is 2.51. The standard InChI is InChI=1S/C14H13F3N2OS/c1-9-6-7-21-12(9)8-18-13(20)19-11-4-2-10(3-5-11)14(15,16)17/h2-7H,8H2,1H3,(H2,18,19,20). The van der Waals surface area contributed by atoms with E-state index in [0.29, 0.717) is 12.2 Å². The third kappa shape index (κ3) is 4.22. The second-order valence-corrected chi connectivity index (χ2v) is 5.41. The molecular formula is C14H13F3N2OS. The first-order valence-corrected chi connectivity index (χ1v) is 6.99. The first-order chi connectivity index (χ1) is 9.86. The molecule has 0 saturated carbocycles. The summed E-state index contributed by atoms with van der Waals surface area (Å²) in [5.74, 6) is 0. The molecule has 2 aromatic rings. The van der Waals surface area contributed by atoms with Crippen molar-refractivity contribution in [1.29, 1.82) is 0 Å². The Morgan fingerprint density at radius 2 is 1.86 bits per heavy atom. The third-order valence-corrected chi connectivity index (χ3v) is 3.87. The molecule has 0 atom stereocenters. The number of thiophene rings is 1. The Morgan fingerprint density at radius 3 is 2.38 bits per heavy atom. The predicted octanol–water partition coefficient (Wildman–Crippen LogP) is 4.40. The maximum Gasteiger partial charge on any atom is 0.416 e. The molecule has 2 rings (SSSR count). The summed E-state index contributed by atoms with van der Waals surface area (Å²) in [6.07, 6.45) is -4.38. The van der Waals surface area contributed by atoms with Crippen molar-refractivity contribution in [2.45, 2.75) is 19.6 Å². The Bertz CT molecular complexity index is 620. The highest BCUT2D eigenvalue weighted by Gasteiger charge is 2.29. The zero-order chi connectivity index (χ0) is 15.5. The predicted molar refractivity (Wildman–Crippen MR) is 76.4 cm³/mol. The van der Waals surface area contributed by atoms with E-state index in [4.69, 9.17) is 0 Å². The third-order valence-electron chi connectivity index (χ3n) is 2.85. The van der Waals surface area contributed by atoms with Gasteiger partial charge in [0.2, 0.25) is 0 Å². The number of alkyl halides is 3. The summed E-state index contributed by atoms with van der Waals surface area (Å²) in [6, 6.07) is 5.80. The summed E-state index contributed by atoms with van der Waals surface area (Å²) in [4.78, 5) is 12.7. The van der Waals surface area contributed by atoms with Crippen molar-refractivity contribution >= 4 is 23.1 Å². The number of amides is 2. The maximum atomic E-state index is 12.4. The molecule has 2 N–H and O–H groups in total. The number of nitrogens with one attached hydrogen (secondary N) is 2. The summed E-state index contributed by atoms with van der Waals surface area (Å²) in [7, 11) is 0. The molecule has 0 aliphatic heterocycles. The lowest BCUT2D eigenvalue weighted by Gasteiger charge is -2.09. The molecular weight excluding hydrogens is 301 g/mol. The van der Waals surface area contributed by atoms with Crippen LogP contribution in [0, 0.1) is 6.92 Å². The van der Waals surface area contributed by atoms with Gasteiger partial charge >= 0.3 is 12.2 Å². The average Bonchev–Trinajstić information content (AvgIpc) is 2.81. The highest BCUT2D eigenvalue weighted by Crippen LogP contribution is 2.29. The first kappa shape index (κ1) is 15.4. The lowest BCUT2D eigenvalue weighted by Crippen LogP contribution is -2.28. The number of rotatable bonds is 3. The molecule has 2 amide bonds. The highest BCUT2D eigenvalue weighted by atomic mass is 32.1. The number of urea groups is 1. The van der Waals surface area contributed by atoms with Crippen LogP contribution in [-0.2, 0) is 12.7 Å². The molecule has 7 heteroatoms. The quantitative estimate of drug-likeness (QED) is 0.866. The zero-order valence-electron chi connectivity index (χ0n) is 11.1. The average molecular weight is 314 g/mol. The van der Waals surface area contributed by atoms with Crippen molar-refractivity contribution in [3.8, 4) is 0 Å². The van der Waals surface area contributed by atoms with Crippen LogP contribution < -0.4 is 10.6 Å². The lowest BCUT2D eigenvalue weighted by atomic mass is 10.2. The van der Waals surface area contributed by atoms with Crippen LogP contribution in [0.15, 0.2) is 35.7 Å². The summed E-state index contributed by atoms with van der Waals surface area (Å²) < 4.78 is 37.2. The lowest BCUT2D eigenvalue weighted by molar-refractivity contribution is -0.137. The molecule has 0 spiro atoms. The van der Waals surface area contributed by atoms with Gasteiger partial charge in [-0.25, -0.2) is 4.79 Å². The van der Waals surface area contributed by atoms with Gasteiger partial charge in [-0.1, -0.05) is 0 Å². The number of hydrogen-bond acceptors (Lipinski definition) is 2. The fraction of sp³-hybridized carbons (Fsp3) is 0.214. The minimum absolute atomic E-state index is 0.309. The number of carbonyl (C=O) groups excluding carboxylic acids is 1. The normalized spacial score (nSPS) is 11.2. The van der Waals surface area contributed by atoms with Crippen LogP contribution in [0.4, 0.5) is 23.7 Å². The number of anilines is 1. The smallest absolute Gasteiger partial charge is 0.333 e. The molecule has 112 valence electrons. The van der Waals surface area contributed by atoms with Gasteiger partial charge in [0, 0.05) is 10.6 Å². The number of benzene rings is 1. The van der Waals surface area contributed by atoms with E-state index in [1.54, 1.807) is 0 Å². The van der Waals surface area contributed by atoms with Gasteiger partial charge in [0.25, 0.3) is 0 Å². The monoisotopic (exact) mass is 314 g/mol. The van der Waals surface area contributed by atoms with Crippen LogP contribution in [0.3, 0.4) is 0 Å². The fourth-order valence-electron chi connectivity index (χ4n) is 1.66. The van der Waals surface area contributed by atoms with Crippen molar-refractivity contribution in [1.82, 2.24) is 5.32 Å². The number of carbonyl (C=O) groups is 1. The van der Waals surface area contributed by atoms with Crippen LogP contribution in [0.25, 0.3) is 0 Å². The van der Waals surface area contributed by atoms with Gasteiger partial charge in [-0.3, -0.25) is 0 Å². The molecule has 0 radical (unpaired) electrons. The van der Waals surface area contributed by atoms with E-state index in [2.05, 4.69) is 10.6 Å². The van der Waals surface area contributed by atoms with Crippen molar-refractivity contribution in [3.63, 3.8) is 0 Å². The minimum Gasteiger partial charge on any atom is -0.333 e. The van der Waals surface area contributed by atoms with E-state index in [9.17, 15) is 18.0 Å². The van der Waals surface area contributed by atoms with Gasteiger partial charge in [0.15, 0.2) is 0 Å². The van der Waals surface area contributed by atoms with Crippen LogP contribution >= 0.6 is 11.3 Å². The Labute approximate surface area is 123 Å². The summed E-state index contributed by atoms with van der Waals surface area (Å²) in [6.45, 7) is 2.33. The minimum atomic E-state index is -4.38. The van der Waals surface area contributed by atoms with E-state index >= 15 is 0 Å². The molecule has 21 heavy (non-hydrogen) atoms. The van der Waals surface area contributed by atoms with Gasteiger partial charge in [0.1, 0.15) is 0 Å². The van der Waals surface area contributed by atoms with Crippen LogP contribution in [0.5, 0.6) is 0 Å². The molecule has 0 saturated heterocycles. The molecule has 0 bridgehead atoms. The molecule has 0 aliphatic carbocycles. The Kier molecular flexibility index (Phi) is 4.52. The maximum absolute atomic E-state index is 12.4. The van der Waals surface area contributed by atoms with E-state index in [1.165, 1.54) is 23.5 Å². The molecule has 0 aliphatic rings. The molecule has 0 fully saturated rings. The van der Waals surface area contributed by atoms with Crippen molar-refractivity contribution in [3.05, 3.63) is 51.7 Å². The highest BCUT2D eigenvalue weighted by molar-refractivity contribution is 7.10. The van der Waals surface area contributed by atoms with Gasteiger partial charge in [-0.15, -0.1) is 11.3 Å². The van der Waals surface area contributed by atoms with Gasteiger partial charge in [-0.2, -0.15) is 13.2 Å². The Balaban J connectivity index is 1.89. The van der Waals surface area contributed by atoms with Crippen LogP contribution in [0.1, 0.15) is 16.0 Å². The Hall–Kier alpha value is -2.02. The second-order valence-electron chi connectivity index (χ2n) is 4.41. The van der Waals surface area contributed by atoms with Crippen molar-refractivity contribution in [2.24, 2.45) is 0 Å². The van der Waals surface area contributed by atoms with E-state index in [0.717, 1.165) is 22.6 Å². The largest absolute Gasteiger partial charge is 0.416 e. The van der Waals surface area contributed by atoms with Gasteiger partial charge in [0.05, 0.1) is 12.1 Å². The molecule has 0 unspecified atom stereocenters. The van der Waals surface area contributed by atoms with E-state index in [-0.39, 0.29) is 0 Å². The number of aryl methyl sites for hydroxylation is 1. The summed E-state index contributed by atoms with van der Waals surface area (Å²) in [5, 5.41) is 7.08. The summed E-state index contributed by atoms with van der Waals surface area (Å²) in [5.41, 5.74) is 0.654. The zero-order valence-corrected chi connectivity index (χ0v) is 11.9. The molecule has 3 nitrogen and oxygen atoms in total. The SMILES string of the molecule is Cc1ccsc1CNC(=O)Nc1ccc(C(F)(F)F)cc1. The number of halogens is 3.